The highest BCUT2D eigenvalue weighted by Gasteiger charge is 2.44. The number of benzene rings is 1. The summed E-state index contributed by atoms with van der Waals surface area (Å²) in [4.78, 5) is 43.2. The van der Waals surface area contributed by atoms with Gasteiger partial charge in [-0.2, -0.15) is 0 Å². The van der Waals surface area contributed by atoms with E-state index >= 15 is 0 Å². The lowest BCUT2D eigenvalue weighted by Crippen LogP contribution is -2.38. The zero-order valence-electron chi connectivity index (χ0n) is 20.5. The number of nitrogens with zero attached hydrogens (tertiary/aromatic N) is 2. The number of imide groups is 1. The molecule has 3 amide bonds. The number of rotatable bonds is 8. The van der Waals surface area contributed by atoms with Crippen LogP contribution in [0, 0.1) is 0 Å². The summed E-state index contributed by atoms with van der Waals surface area (Å²) in [5, 5.41) is 2.50. The smallest absolute Gasteiger partial charge is 0.264 e. The molecule has 0 bridgehead atoms. The van der Waals surface area contributed by atoms with Crippen LogP contribution in [0.5, 0.6) is 11.6 Å². The fraction of sp³-hybridized carbons (Fsp3) is 0.333. The third kappa shape index (κ3) is 4.57. The number of hydrogen-bond acceptors (Lipinski definition) is 8. The molecule has 170 valence electrons. The maximum Gasteiger partial charge on any atom is 0.264 e. The van der Waals surface area contributed by atoms with Crippen molar-refractivity contribution in [3.05, 3.63) is 47.2 Å². The lowest BCUT2D eigenvalue weighted by molar-refractivity contribution is -0.114. The molecular weight excluding hydrogens is 438 g/mol. The van der Waals surface area contributed by atoms with Gasteiger partial charge >= 0.3 is 0 Å². The van der Waals surface area contributed by atoms with E-state index in [1.807, 2.05) is 0 Å². The van der Waals surface area contributed by atoms with Crippen LogP contribution in [0.1, 0.15) is 50.4 Å². The number of aromatic nitrogens is 1. The Balaban J connectivity index is 2.12. The molecule has 0 saturated carbocycles. The van der Waals surface area contributed by atoms with Crippen LogP contribution in [-0.4, -0.2) is 61.7 Å². The van der Waals surface area contributed by atoms with Crippen molar-refractivity contribution in [1.82, 2.24) is 9.88 Å². The van der Waals surface area contributed by atoms with E-state index in [9.17, 15) is 22.8 Å². The van der Waals surface area contributed by atoms with Crippen molar-refractivity contribution in [2.75, 3.05) is 31.0 Å². The summed E-state index contributed by atoms with van der Waals surface area (Å²) >= 11 is 0. The number of anilines is 1. The van der Waals surface area contributed by atoms with Crippen LogP contribution >= 0.6 is 0 Å². The van der Waals surface area contributed by atoms with Gasteiger partial charge in [0.25, 0.3) is 17.7 Å². The highest BCUT2D eigenvalue weighted by atomic mass is 32.2. The second-order valence-corrected chi connectivity index (χ2v) is 9.26. The van der Waals surface area contributed by atoms with Gasteiger partial charge < -0.3 is 14.8 Å². The van der Waals surface area contributed by atoms with Crippen molar-refractivity contribution in [3.63, 3.8) is 0 Å². The summed E-state index contributed by atoms with van der Waals surface area (Å²) in [6, 6.07) is 5.44. The van der Waals surface area contributed by atoms with Crippen LogP contribution in [0.25, 0.3) is 0 Å². The predicted molar refractivity (Wildman–Crippen MR) is 116 cm³/mol. The minimum atomic E-state index is -3.75. The molecule has 1 atom stereocenters. The van der Waals surface area contributed by atoms with Gasteiger partial charge in [0.05, 0.1) is 52.1 Å². The van der Waals surface area contributed by atoms with Gasteiger partial charge in [0.15, 0.2) is 5.75 Å². The first kappa shape index (κ1) is 19.2. The molecule has 0 unspecified atom stereocenters. The van der Waals surface area contributed by atoms with Crippen molar-refractivity contribution >= 4 is 33.2 Å². The largest absolute Gasteiger partial charge is 0.491 e. The Morgan fingerprint density at radius 3 is 2.62 bits per heavy atom. The van der Waals surface area contributed by atoms with Gasteiger partial charge in [-0.3, -0.25) is 19.3 Å². The highest BCUT2D eigenvalue weighted by Crippen LogP contribution is 2.37. The summed E-state index contributed by atoms with van der Waals surface area (Å²) in [5.74, 6) is -3.16. The minimum Gasteiger partial charge on any atom is -0.491 e. The zero-order chi connectivity index (χ0) is 26.1. The number of fused-ring (bicyclic) bond motifs is 1. The number of sulfone groups is 1. The quantitative estimate of drug-likeness (QED) is 0.585. The molecule has 2 heterocycles. The second kappa shape index (κ2) is 8.95. The van der Waals surface area contributed by atoms with E-state index in [0.29, 0.717) is 0 Å². The molecule has 2 aromatic rings. The number of methoxy groups -OCH3 is 1. The van der Waals surface area contributed by atoms with E-state index < -0.39 is 46.4 Å². The molecule has 0 radical (unpaired) electrons. The van der Waals surface area contributed by atoms with Crippen molar-refractivity contribution < 1.29 is 36.4 Å². The van der Waals surface area contributed by atoms with Crippen LogP contribution < -0.4 is 14.8 Å². The molecule has 3 rings (SSSR count). The normalized spacial score (nSPS) is 16.0. The van der Waals surface area contributed by atoms with Gasteiger partial charge in [0, 0.05) is 13.2 Å². The van der Waals surface area contributed by atoms with Crippen molar-refractivity contribution in [2.45, 2.75) is 19.9 Å². The summed E-state index contributed by atoms with van der Waals surface area (Å²) in [6.45, 7) is 2.94. The van der Waals surface area contributed by atoms with Crippen LogP contribution in [0.2, 0.25) is 0 Å². The summed E-state index contributed by atoms with van der Waals surface area (Å²) in [7, 11) is -6.56. The first-order valence-corrected chi connectivity index (χ1v) is 11.6. The molecule has 1 aromatic carbocycles. The number of amides is 3. The average Bonchev–Trinajstić information content (AvgIpc) is 2.97. The minimum absolute atomic E-state index is 0.00728. The third-order valence-electron chi connectivity index (χ3n) is 4.61. The lowest BCUT2D eigenvalue weighted by atomic mass is 10.1. The summed E-state index contributed by atoms with van der Waals surface area (Å²) < 4.78 is 56.7. The molecule has 0 aliphatic carbocycles. The molecule has 32 heavy (non-hydrogen) atoms. The zero-order valence-corrected chi connectivity index (χ0v) is 18.4. The molecule has 0 fully saturated rings. The standard InChI is InChI=1S/C21H23N3O7S/c1-5-31-19-17(30-3)10-9-14(23-19)16(11-32(4,28)29)24-20(26)13-7-6-8-15(22-12(2)25)18(13)21(24)27/h6-10,16H,5,11H2,1-4H3,(H,22,25)/t16-/m0/s1/i3D3. The van der Waals surface area contributed by atoms with Gasteiger partial charge in [-0.15, -0.1) is 0 Å². The molecule has 10 nitrogen and oxygen atoms in total. The molecular formula is C21H23N3O7S. The number of pyridine rings is 1. The molecule has 1 N–H and O–H groups in total. The molecule has 0 saturated heterocycles. The summed E-state index contributed by atoms with van der Waals surface area (Å²) in [6.07, 6.45) is 0.941. The monoisotopic (exact) mass is 464 g/mol. The molecule has 1 aromatic heterocycles. The maximum absolute atomic E-state index is 13.4. The number of carbonyl (C=O) groups excluding carboxylic acids is 3. The first-order chi connectivity index (χ1) is 16.2. The van der Waals surface area contributed by atoms with E-state index in [4.69, 9.17) is 13.6 Å². The Bertz CT molecular complexity index is 1300. The Labute approximate surface area is 189 Å². The SMILES string of the molecule is [2H]C([2H])([2H])Oc1ccc([C@H](CS(C)(=O)=O)N2C(=O)c3cccc(NC(C)=O)c3C2=O)nc1OCC. The van der Waals surface area contributed by atoms with Gasteiger partial charge in [-0.05, 0) is 31.2 Å². The topological polar surface area (TPSA) is 132 Å². The van der Waals surface area contributed by atoms with Gasteiger partial charge in [-0.1, -0.05) is 6.07 Å². The maximum atomic E-state index is 13.4. The Hall–Kier alpha value is -3.47. The lowest BCUT2D eigenvalue weighted by Gasteiger charge is -2.26. The highest BCUT2D eigenvalue weighted by molar-refractivity contribution is 7.90. The molecule has 1 aliphatic heterocycles. The van der Waals surface area contributed by atoms with E-state index in [2.05, 4.69) is 10.3 Å². The molecule has 1 aliphatic rings. The Morgan fingerprint density at radius 1 is 1.25 bits per heavy atom. The van der Waals surface area contributed by atoms with E-state index in [-0.39, 0.29) is 40.7 Å². The summed E-state index contributed by atoms with van der Waals surface area (Å²) in [5.41, 5.74) is -0.00331. The predicted octanol–water partition coefficient (Wildman–Crippen LogP) is 1.83. The van der Waals surface area contributed by atoms with Crippen LogP contribution in [0.3, 0.4) is 0 Å². The molecule has 11 heteroatoms. The van der Waals surface area contributed by atoms with Crippen molar-refractivity contribution in [3.8, 4) is 11.6 Å². The second-order valence-electron chi connectivity index (χ2n) is 7.07. The first-order valence-electron chi connectivity index (χ1n) is 11.0. The van der Waals surface area contributed by atoms with Gasteiger partial charge in [-0.25, -0.2) is 13.4 Å². The molecule has 0 spiro atoms. The third-order valence-corrected chi connectivity index (χ3v) is 5.53. The van der Waals surface area contributed by atoms with Gasteiger partial charge in [0.2, 0.25) is 5.91 Å². The van der Waals surface area contributed by atoms with Crippen LogP contribution in [-0.2, 0) is 14.6 Å². The van der Waals surface area contributed by atoms with E-state index in [0.717, 1.165) is 11.2 Å². The van der Waals surface area contributed by atoms with Crippen LogP contribution in [0.15, 0.2) is 30.3 Å². The number of hydrogen-bond donors (Lipinski definition) is 1. The Kier molecular flexibility index (Phi) is 5.38. The Morgan fingerprint density at radius 2 is 2.00 bits per heavy atom. The number of carbonyl (C=O) groups is 3. The number of ether oxygens (including phenoxy) is 2. The van der Waals surface area contributed by atoms with Crippen LogP contribution in [0.4, 0.5) is 5.69 Å². The fourth-order valence-electron chi connectivity index (χ4n) is 3.40. The van der Waals surface area contributed by atoms with E-state index in [1.165, 1.54) is 37.3 Å². The van der Waals surface area contributed by atoms with E-state index in [1.54, 1.807) is 6.92 Å². The fourth-order valence-corrected chi connectivity index (χ4v) is 4.30. The number of nitrogens with one attached hydrogen (secondary N) is 1. The van der Waals surface area contributed by atoms with Crippen molar-refractivity contribution in [1.29, 1.82) is 0 Å². The average molecular weight is 465 g/mol. The van der Waals surface area contributed by atoms with Crippen molar-refractivity contribution in [2.24, 2.45) is 0 Å². The van der Waals surface area contributed by atoms with Gasteiger partial charge in [0.1, 0.15) is 9.84 Å².